The number of hydrogen-bond acceptors (Lipinski definition) is 3. The van der Waals surface area contributed by atoms with Crippen molar-refractivity contribution in [2.24, 2.45) is 0 Å². The summed E-state index contributed by atoms with van der Waals surface area (Å²) in [5, 5.41) is 2.78. The predicted molar refractivity (Wildman–Crippen MR) is 74.8 cm³/mol. The number of nitrogens with zero attached hydrogens (tertiary/aromatic N) is 1. The maximum atomic E-state index is 11.9. The summed E-state index contributed by atoms with van der Waals surface area (Å²) in [6.45, 7) is 3.08. The van der Waals surface area contributed by atoms with E-state index in [1.165, 1.54) is 4.31 Å². The smallest absolute Gasteiger partial charge is 0.251 e. The molecule has 0 spiro atoms. The monoisotopic (exact) mass is 282 g/mol. The molecule has 0 atom stereocenters. The average Bonchev–Trinajstić information content (AvgIpc) is 2.75. The van der Waals surface area contributed by atoms with Crippen molar-refractivity contribution in [3.8, 4) is 0 Å². The van der Waals surface area contributed by atoms with E-state index in [1.54, 1.807) is 24.3 Å². The Labute approximate surface area is 113 Å². The van der Waals surface area contributed by atoms with Crippen LogP contribution in [-0.4, -0.2) is 33.2 Å². The van der Waals surface area contributed by atoms with Gasteiger partial charge in [0, 0.05) is 18.7 Å². The van der Waals surface area contributed by atoms with Crippen molar-refractivity contribution in [2.75, 3.05) is 23.1 Å². The minimum absolute atomic E-state index is 0.166. The Balaban J connectivity index is 2.22. The van der Waals surface area contributed by atoms with Crippen LogP contribution in [0.5, 0.6) is 0 Å². The number of nitrogens with one attached hydrogen (secondary N) is 1. The van der Waals surface area contributed by atoms with E-state index in [0.717, 1.165) is 6.42 Å². The second-order valence-electron chi connectivity index (χ2n) is 4.55. The Kier molecular flexibility index (Phi) is 4.09. The molecular formula is C13H18N2O3S. The van der Waals surface area contributed by atoms with Gasteiger partial charge in [0.25, 0.3) is 5.91 Å². The molecule has 1 fully saturated rings. The Bertz CT molecular complexity index is 569. The zero-order chi connectivity index (χ0) is 13.9. The summed E-state index contributed by atoms with van der Waals surface area (Å²) in [7, 11) is -3.20. The summed E-state index contributed by atoms with van der Waals surface area (Å²) in [6, 6.07) is 6.76. The lowest BCUT2D eigenvalue weighted by atomic mass is 10.2. The van der Waals surface area contributed by atoms with Crippen molar-refractivity contribution in [3.63, 3.8) is 0 Å². The van der Waals surface area contributed by atoms with Crippen LogP contribution in [0.1, 0.15) is 30.1 Å². The van der Waals surface area contributed by atoms with E-state index >= 15 is 0 Å². The van der Waals surface area contributed by atoms with Gasteiger partial charge in [-0.25, -0.2) is 8.42 Å². The van der Waals surface area contributed by atoms with Gasteiger partial charge < -0.3 is 5.32 Å². The quantitative estimate of drug-likeness (QED) is 0.907. The van der Waals surface area contributed by atoms with Gasteiger partial charge in [-0.3, -0.25) is 9.10 Å². The number of anilines is 1. The molecule has 1 saturated heterocycles. The number of sulfonamides is 1. The third-order valence-corrected chi connectivity index (χ3v) is 4.90. The highest BCUT2D eigenvalue weighted by molar-refractivity contribution is 7.93. The van der Waals surface area contributed by atoms with E-state index < -0.39 is 10.0 Å². The number of amides is 1. The largest absolute Gasteiger partial charge is 0.352 e. The zero-order valence-electron chi connectivity index (χ0n) is 10.9. The van der Waals surface area contributed by atoms with Crippen molar-refractivity contribution >= 4 is 21.6 Å². The van der Waals surface area contributed by atoms with E-state index in [2.05, 4.69) is 5.32 Å². The van der Waals surface area contributed by atoms with E-state index in [-0.39, 0.29) is 11.7 Å². The molecule has 1 heterocycles. The lowest BCUT2D eigenvalue weighted by molar-refractivity contribution is 0.0953. The molecule has 1 amide bonds. The predicted octanol–water partition coefficient (Wildman–Crippen LogP) is 1.37. The van der Waals surface area contributed by atoms with Gasteiger partial charge in [-0.1, -0.05) is 13.0 Å². The minimum atomic E-state index is -3.20. The van der Waals surface area contributed by atoms with E-state index in [1.807, 2.05) is 6.92 Å². The number of benzene rings is 1. The minimum Gasteiger partial charge on any atom is -0.352 e. The molecule has 0 aliphatic carbocycles. The maximum Gasteiger partial charge on any atom is 0.251 e. The van der Waals surface area contributed by atoms with E-state index in [4.69, 9.17) is 0 Å². The lowest BCUT2D eigenvalue weighted by Crippen LogP contribution is -2.27. The third kappa shape index (κ3) is 3.07. The molecule has 0 unspecified atom stereocenters. The molecule has 5 nitrogen and oxygen atoms in total. The number of carbonyl (C=O) groups excluding carboxylic acids is 1. The molecule has 1 N–H and O–H groups in total. The van der Waals surface area contributed by atoms with Crippen molar-refractivity contribution in [2.45, 2.75) is 19.8 Å². The van der Waals surface area contributed by atoms with Crippen LogP contribution in [0.2, 0.25) is 0 Å². The summed E-state index contributed by atoms with van der Waals surface area (Å²) < 4.78 is 25.1. The van der Waals surface area contributed by atoms with Crippen LogP contribution in [-0.2, 0) is 10.0 Å². The first-order valence-electron chi connectivity index (χ1n) is 6.43. The number of hydrogen-bond donors (Lipinski definition) is 1. The SMILES string of the molecule is CCCNC(=O)c1cccc(N2CCCS2(=O)=O)c1. The highest BCUT2D eigenvalue weighted by atomic mass is 32.2. The summed E-state index contributed by atoms with van der Waals surface area (Å²) >= 11 is 0. The van der Waals surface area contributed by atoms with Crippen molar-refractivity contribution < 1.29 is 13.2 Å². The van der Waals surface area contributed by atoms with Gasteiger partial charge in [-0.15, -0.1) is 0 Å². The Morgan fingerprint density at radius 3 is 2.84 bits per heavy atom. The molecule has 19 heavy (non-hydrogen) atoms. The number of rotatable bonds is 4. The van der Waals surface area contributed by atoms with E-state index in [9.17, 15) is 13.2 Å². The summed E-state index contributed by atoms with van der Waals surface area (Å²) in [5.41, 5.74) is 1.06. The third-order valence-electron chi connectivity index (χ3n) is 3.03. The lowest BCUT2D eigenvalue weighted by Gasteiger charge is -2.17. The Morgan fingerprint density at radius 1 is 1.42 bits per heavy atom. The fourth-order valence-electron chi connectivity index (χ4n) is 2.07. The van der Waals surface area contributed by atoms with Gasteiger partial charge in [0.15, 0.2) is 0 Å². The maximum absolute atomic E-state index is 11.9. The molecule has 0 saturated carbocycles. The van der Waals surface area contributed by atoms with Gasteiger partial charge in [-0.2, -0.15) is 0 Å². The van der Waals surface area contributed by atoms with Crippen LogP contribution in [0.3, 0.4) is 0 Å². The van der Waals surface area contributed by atoms with Crippen LogP contribution in [0, 0.1) is 0 Å². The summed E-state index contributed by atoms with van der Waals surface area (Å²) in [4.78, 5) is 11.9. The second-order valence-corrected chi connectivity index (χ2v) is 6.56. The summed E-state index contributed by atoms with van der Waals surface area (Å²) in [6.07, 6.45) is 1.50. The van der Waals surface area contributed by atoms with Crippen molar-refractivity contribution in [1.29, 1.82) is 0 Å². The molecule has 2 rings (SSSR count). The zero-order valence-corrected chi connectivity index (χ0v) is 11.7. The fourth-order valence-corrected chi connectivity index (χ4v) is 3.63. The second kappa shape index (κ2) is 5.61. The average molecular weight is 282 g/mol. The molecule has 0 radical (unpaired) electrons. The highest BCUT2D eigenvalue weighted by Crippen LogP contribution is 2.24. The topological polar surface area (TPSA) is 66.5 Å². The van der Waals surface area contributed by atoms with Crippen LogP contribution < -0.4 is 9.62 Å². The van der Waals surface area contributed by atoms with Gasteiger partial charge in [0.2, 0.25) is 10.0 Å². The van der Waals surface area contributed by atoms with Crippen molar-refractivity contribution in [3.05, 3.63) is 29.8 Å². The van der Waals surface area contributed by atoms with E-state index in [0.29, 0.717) is 30.8 Å². The highest BCUT2D eigenvalue weighted by Gasteiger charge is 2.28. The fraction of sp³-hybridized carbons (Fsp3) is 0.462. The molecule has 1 aromatic carbocycles. The molecule has 0 bridgehead atoms. The first-order valence-corrected chi connectivity index (χ1v) is 8.04. The van der Waals surface area contributed by atoms with Crippen LogP contribution >= 0.6 is 0 Å². The van der Waals surface area contributed by atoms with Gasteiger partial charge in [0.05, 0.1) is 11.4 Å². The van der Waals surface area contributed by atoms with Crippen LogP contribution in [0.15, 0.2) is 24.3 Å². The van der Waals surface area contributed by atoms with Gasteiger partial charge >= 0.3 is 0 Å². The molecule has 1 aromatic rings. The van der Waals surface area contributed by atoms with Crippen molar-refractivity contribution in [1.82, 2.24) is 5.32 Å². The summed E-state index contributed by atoms with van der Waals surface area (Å²) in [5.74, 6) is 0.0134. The Hall–Kier alpha value is -1.56. The number of carbonyl (C=O) groups is 1. The molecule has 6 heteroatoms. The van der Waals surface area contributed by atoms with Gasteiger partial charge in [-0.05, 0) is 31.0 Å². The molecule has 1 aliphatic heterocycles. The molecule has 0 aromatic heterocycles. The molecule has 1 aliphatic rings. The van der Waals surface area contributed by atoms with Crippen LogP contribution in [0.25, 0.3) is 0 Å². The Morgan fingerprint density at radius 2 is 2.21 bits per heavy atom. The van der Waals surface area contributed by atoms with Crippen LogP contribution in [0.4, 0.5) is 5.69 Å². The normalized spacial score (nSPS) is 17.4. The van der Waals surface area contributed by atoms with Gasteiger partial charge in [0.1, 0.15) is 0 Å². The standard InChI is InChI=1S/C13H18N2O3S/c1-2-7-14-13(16)11-5-3-6-12(10-11)15-8-4-9-19(15,17)18/h3,5-6,10H,2,4,7-9H2,1H3,(H,14,16). The first-order chi connectivity index (χ1) is 9.04. The molecular weight excluding hydrogens is 264 g/mol. The molecule has 104 valence electrons. The first kappa shape index (κ1) is 13.9.